The van der Waals surface area contributed by atoms with Gasteiger partial charge in [-0.25, -0.2) is 0 Å². The number of phenolic OH excluding ortho intramolecular Hbond substituents is 1. The number of hydrogen-bond acceptors (Lipinski definition) is 3. The van der Waals surface area contributed by atoms with Gasteiger partial charge in [-0.05, 0) is 106 Å². The Morgan fingerprint density at radius 3 is 1.72 bits per heavy atom. The summed E-state index contributed by atoms with van der Waals surface area (Å²) < 4.78 is 0. The molecule has 0 bridgehead atoms. The van der Waals surface area contributed by atoms with Gasteiger partial charge >= 0.3 is 0 Å². The van der Waals surface area contributed by atoms with Crippen molar-refractivity contribution in [3.63, 3.8) is 0 Å². The van der Waals surface area contributed by atoms with Crippen LogP contribution in [0.25, 0.3) is 0 Å². The van der Waals surface area contributed by atoms with Crippen molar-refractivity contribution in [2.45, 2.75) is 47.1 Å². The highest BCUT2D eigenvalue weighted by molar-refractivity contribution is 5.64. The molecule has 3 heteroatoms. The minimum absolute atomic E-state index is 0.230. The zero-order chi connectivity index (χ0) is 21.3. The maximum Gasteiger partial charge on any atom is 0.121 e. The molecule has 3 nitrogen and oxygen atoms in total. The highest BCUT2D eigenvalue weighted by Crippen LogP contribution is 2.41. The van der Waals surface area contributed by atoms with Crippen LogP contribution in [0, 0.1) is 27.7 Å². The molecule has 0 aliphatic heterocycles. The molecule has 0 amide bonds. The van der Waals surface area contributed by atoms with E-state index >= 15 is 0 Å². The Hall–Kier alpha value is -2.94. The monoisotopic (exact) mass is 388 g/mol. The van der Waals surface area contributed by atoms with E-state index in [0.29, 0.717) is 5.75 Å². The normalized spacial score (nSPS) is 11.4. The number of rotatable bonds is 5. The van der Waals surface area contributed by atoms with Gasteiger partial charge < -0.3 is 15.3 Å². The number of phenols is 1. The van der Waals surface area contributed by atoms with Crippen molar-refractivity contribution < 1.29 is 5.11 Å². The Bertz CT molecular complexity index is 976. The van der Waals surface area contributed by atoms with Crippen molar-refractivity contribution in [2.75, 3.05) is 17.3 Å². The van der Waals surface area contributed by atoms with Gasteiger partial charge in [0.2, 0.25) is 0 Å². The Labute approximate surface area is 175 Å². The van der Waals surface area contributed by atoms with Gasteiger partial charge in [-0.3, -0.25) is 0 Å². The Morgan fingerprint density at radius 1 is 0.724 bits per heavy atom. The van der Waals surface area contributed by atoms with Crippen molar-refractivity contribution in [2.24, 2.45) is 0 Å². The molecule has 0 radical (unpaired) electrons. The van der Waals surface area contributed by atoms with Gasteiger partial charge in [-0.2, -0.15) is 0 Å². The third kappa shape index (κ3) is 3.82. The number of para-hydroxylation sites is 1. The molecule has 3 aromatic rings. The maximum atomic E-state index is 10.4. The largest absolute Gasteiger partial charge is 0.507 e. The number of aromatic hydroxyl groups is 1. The van der Waals surface area contributed by atoms with E-state index in [2.05, 4.69) is 81.4 Å². The van der Waals surface area contributed by atoms with Gasteiger partial charge in [-0.15, -0.1) is 0 Å². The van der Waals surface area contributed by atoms with Crippen molar-refractivity contribution in [1.82, 2.24) is 0 Å². The summed E-state index contributed by atoms with van der Waals surface area (Å²) in [5, 5.41) is 13.9. The van der Waals surface area contributed by atoms with E-state index in [-0.39, 0.29) is 5.54 Å². The summed E-state index contributed by atoms with van der Waals surface area (Å²) in [6.07, 6.45) is 0. The lowest BCUT2D eigenvalue weighted by Crippen LogP contribution is -2.40. The third-order valence-electron chi connectivity index (χ3n) is 6.35. The first kappa shape index (κ1) is 20.8. The molecule has 2 N–H and O–H groups in total. The van der Waals surface area contributed by atoms with Crippen LogP contribution in [0.2, 0.25) is 0 Å². The second-order valence-corrected chi connectivity index (χ2v) is 8.38. The highest BCUT2D eigenvalue weighted by atomic mass is 16.3. The second-order valence-electron chi connectivity index (χ2n) is 8.38. The fourth-order valence-electron chi connectivity index (χ4n) is 4.16. The van der Waals surface area contributed by atoms with Crippen LogP contribution in [-0.2, 0) is 5.54 Å². The van der Waals surface area contributed by atoms with Crippen LogP contribution < -0.4 is 10.2 Å². The fraction of sp³-hybridized carbons (Fsp3) is 0.308. The predicted molar refractivity (Wildman–Crippen MR) is 125 cm³/mol. The molecule has 152 valence electrons. The van der Waals surface area contributed by atoms with Crippen molar-refractivity contribution in [1.29, 1.82) is 0 Å². The number of benzene rings is 3. The lowest BCUT2D eigenvalue weighted by Gasteiger charge is -2.41. The average molecular weight is 389 g/mol. The average Bonchev–Trinajstić information content (AvgIpc) is 2.71. The SMILES string of the molecule is Cc1c(C)c(C(C)(C)N(C)c2ccc(Nc3ccccc3)cc2)c(C)c(C)c1O. The van der Waals surface area contributed by atoms with Crippen molar-refractivity contribution in [3.05, 3.63) is 82.4 Å². The summed E-state index contributed by atoms with van der Waals surface area (Å²) in [6.45, 7) is 12.7. The van der Waals surface area contributed by atoms with E-state index in [4.69, 9.17) is 0 Å². The number of nitrogens with zero attached hydrogens (tertiary/aromatic N) is 1. The molecule has 0 aromatic heterocycles. The summed E-state index contributed by atoms with van der Waals surface area (Å²) in [4.78, 5) is 2.31. The molecule has 3 rings (SSSR count). The molecule has 0 heterocycles. The van der Waals surface area contributed by atoms with Crippen LogP contribution in [0.5, 0.6) is 5.75 Å². The minimum atomic E-state index is -0.230. The standard InChI is InChI=1S/C26H32N2O/c1-17-19(3)25(29)20(4)18(2)24(17)26(5,6)28(7)23-15-13-22(14-16-23)27-21-11-9-8-10-12-21/h8-16,27,29H,1-7H3. The topological polar surface area (TPSA) is 35.5 Å². The Kier molecular flexibility index (Phi) is 5.61. The predicted octanol–water partition coefficient (Wildman–Crippen LogP) is 6.74. The molecule has 0 saturated heterocycles. The van der Waals surface area contributed by atoms with Crippen LogP contribution in [-0.4, -0.2) is 12.2 Å². The minimum Gasteiger partial charge on any atom is -0.507 e. The highest BCUT2D eigenvalue weighted by Gasteiger charge is 2.31. The smallest absolute Gasteiger partial charge is 0.121 e. The number of hydrogen-bond donors (Lipinski definition) is 2. The summed E-state index contributed by atoms with van der Waals surface area (Å²) in [7, 11) is 2.13. The Morgan fingerprint density at radius 2 is 1.21 bits per heavy atom. The maximum absolute atomic E-state index is 10.4. The van der Waals surface area contributed by atoms with Crippen LogP contribution in [0.1, 0.15) is 41.7 Å². The van der Waals surface area contributed by atoms with Crippen molar-refractivity contribution in [3.8, 4) is 5.75 Å². The number of nitrogens with one attached hydrogen (secondary N) is 1. The first-order valence-electron chi connectivity index (χ1n) is 10.1. The van der Waals surface area contributed by atoms with Crippen LogP contribution >= 0.6 is 0 Å². The van der Waals surface area contributed by atoms with E-state index in [1.807, 2.05) is 32.0 Å². The zero-order valence-electron chi connectivity index (χ0n) is 18.6. The van der Waals surface area contributed by atoms with Crippen molar-refractivity contribution >= 4 is 17.1 Å². The van der Waals surface area contributed by atoms with E-state index in [1.165, 1.54) is 5.56 Å². The first-order valence-corrected chi connectivity index (χ1v) is 10.1. The van der Waals surface area contributed by atoms with Gasteiger partial charge in [-0.1, -0.05) is 18.2 Å². The van der Waals surface area contributed by atoms with Gasteiger partial charge in [0.1, 0.15) is 5.75 Å². The molecular weight excluding hydrogens is 356 g/mol. The molecule has 0 spiro atoms. The third-order valence-corrected chi connectivity index (χ3v) is 6.35. The summed E-state index contributed by atoms with van der Waals surface area (Å²) in [6, 6.07) is 18.7. The zero-order valence-corrected chi connectivity index (χ0v) is 18.6. The molecule has 0 saturated carbocycles. The quantitative estimate of drug-likeness (QED) is 0.508. The molecular formula is C26H32N2O. The molecule has 0 unspecified atom stereocenters. The first-order chi connectivity index (χ1) is 13.6. The van der Waals surface area contributed by atoms with Crippen LogP contribution in [0.3, 0.4) is 0 Å². The molecule has 29 heavy (non-hydrogen) atoms. The second kappa shape index (κ2) is 7.82. The molecule has 3 aromatic carbocycles. The summed E-state index contributed by atoms with van der Waals surface area (Å²) >= 11 is 0. The Balaban J connectivity index is 1.93. The van der Waals surface area contributed by atoms with Gasteiger partial charge in [0, 0.05) is 24.1 Å². The van der Waals surface area contributed by atoms with Gasteiger partial charge in [0.25, 0.3) is 0 Å². The van der Waals surface area contributed by atoms with Gasteiger partial charge in [0.05, 0.1) is 5.54 Å². The lowest BCUT2D eigenvalue weighted by atomic mass is 9.81. The number of anilines is 3. The lowest BCUT2D eigenvalue weighted by molar-refractivity contribution is 0.460. The van der Waals surface area contributed by atoms with Crippen LogP contribution in [0.4, 0.5) is 17.1 Å². The van der Waals surface area contributed by atoms with E-state index in [0.717, 1.165) is 39.3 Å². The van der Waals surface area contributed by atoms with Crippen LogP contribution in [0.15, 0.2) is 54.6 Å². The molecule has 0 atom stereocenters. The molecule has 0 fully saturated rings. The molecule has 0 aliphatic carbocycles. The summed E-state index contributed by atoms with van der Waals surface area (Å²) in [5.74, 6) is 0.415. The van der Waals surface area contributed by atoms with E-state index < -0.39 is 0 Å². The van der Waals surface area contributed by atoms with E-state index in [1.54, 1.807) is 0 Å². The fourth-order valence-corrected chi connectivity index (χ4v) is 4.16. The van der Waals surface area contributed by atoms with E-state index in [9.17, 15) is 5.11 Å². The van der Waals surface area contributed by atoms with Gasteiger partial charge in [0.15, 0.2) is 0 Å². The summed E-state index contributed by atoms with van der Waals surface area (Å²) in [5.41, 5.74) is 8.58. The molecule has 0 aliphatic rings.